The van der Waals surface area contributed by atoms with E-state index in [0.29, 0.717) is 5.92 Å². The van der Waals surface area contributed by atoms with Crippen LogP contribution in [0.25, 0.3) is 0 Å². The lowest BCUT2D eigenvalue weighted by Gasteiger charge is -2.35. The van der Waals surface area contributed by atoms with Gasteiger partial charge in [0, 0.05) is 19.1 Å². The maximum absolute atomic E-state index is 11.6. The molecule has 0 aliphatic carbocycles. The third-order valence-corrected chi connectivity index (χ3v) is 2.90. The highest BCUT2D eigenvalue weighted by Gasteiger charge is 2.26. The van der Waals surface area contributed by atoms with Crippen LogP contribution in [0.4, 0.5) is 0 Å². The van der Waals surface area contributed by atoms with Gasteiger partial charge >= 0.3 is 0 Å². The number of halogens is 1. The molecule has 1 rings (SSSR count). The second-order valence-electron chi connectivity index (χ2n) is 4.33. The third-order valence-electron chi connectivity index (χ3n) is 2.90. The Labute approximate surface area is 97.8 Å². The molecule has 0 radical (unpaired) electrons. The molecule has 0 aromatic carbocycles. The van der Waals surface area contributed by atoms with Gasteiger partial charge in [0.1, 0.15) is 0 Å². The predicted molar refractivity (Wildman–Crippen MR) is 63.9 cm³/mol. The molecule has 0 saturated carbocycles. The number of likely N-dealkylation sites (tertiary alicyclic amines) is 1. The minimum Gasteiger partial charge on any atom is -0.341 e. The molecule has 3 atom stereocenters. The zero-order valence-electron chi connectivity index (χ0n) is 9.48. The topological polar surface area (TPSA) is 72.3 Å². The van der Waals surface area contributed by atoms with Crippen LogP contribution in [0.5, 0.6) is 0 Å². The zero-order chi connectivity index (χ0) is 10.7. The normalized spacial score (nSPS) is 25.3. The van der Waals surface area contributed by atoms with Crippen molar-refractivity contribution in [2.75, 3.05) is 13.1 Å². The summed E-state index contributed by atoms with van der Waals surface area (Å²) in [4.78, 5) is 13.5. The van der Waals surface area contributed by atoms with E-state index in [2.05, 4.69) is 0 Å². The molecule has 15 heavy (non-hydrogen) atoms. The first-order chi connectivity index (χ1) is 6.52. The van der Waals surface area contributed by atoms with Crippen molar-refractivity contribution in [3.63, 3.8) is 0 Å². The Hall–Kier alpha value is -0.320. The molecule has 0 spiro atoms. The van der Waals surface area contributed by atoms with Crippen LogP contribution in [0.15, 0.2) is 0 Å². The monoisotopic (exact) mass is 235 g/mol. The molecule has 5 heteroatoms. The second kappa shape index (κ2) is 6.30. The average molecular weight is 236 g/mol. The summed E-state index contributed by atoms with van der Waals surface area (Å²) in [6, 6.07) is -0.222. The largest absolute Gasteiger partial charge is 0.341 e. The Morgan fingerprint density at radius 2 is 2.00 bits per heavy atom. The van der Waals surface area contributed by atoms with Crippen molar-refractivity contribution in [1.82, 2.24) is 4.90 Å². The van der Waals surface area contributed by atoms with E-state index in [1.54, 1.807) is 6.92 Å². The van der Waals surface area contributed by atoms with E-state index in [9.17, 15) is 4.79 Å². The number of nitrogens with zero attached hydrogens (tertiary/aromatic N) is 1. The summed E-state index contributed by atoms with van der Waals surface area (Å²) in [5.41, 5.74) is 11.4. The molecule has 1 fully saturated rings. The maximum atomic E-state index is 11.6. The van der Waals surface area contributed by atoms with Gasteiger partial charge in [-0.3, -0.25) is 4.79 Å². The van der Waals surface area contributed by atoms with E-state index < -0.39 is 0 Å². The molecule has 1 aliphatic heterocycles. The van der Waals surface area contributed by atoms with Crippen LogP contribution in [0.1, 0.15) is 26.7 Å². The molecule has 4 N–H and O–H groups in total. The summed E-state index contributed by atoms with van der Waals surface area (Å²) in [6.45, 7) is 5.35. The number of rotatable bonds is 2. The van der Waals surface area contributed by atoms with Crippen LogP contribution >= 0.6 is 12.4 Å². The molecular formula is C10H22ClN3O. The molecule has 1 aliphatic rings. The smallest absolute Gasteiger partial charge is 0.239 e. The second-order valence-corrected chi connectivity index (χ2v) is 4.33. The summed E-state index contributed by atoms with van der Waals surface area (Å²) in [6.07, 6.45) is 2.17. The van der Waals surface area contributed by atoms with Crippen molar-refractivity contribution in [3.8, 4) is 0 Å². The summed E-state index contributed by atoms with van der Waals surface area (Å²) >= 11 is 0. The Kier molecular flexibility index (Phi) is 6.17. The summed E-state index contributed by atoms with van der Waals surface area (Å²) in [5.74, 6) is 0.488. The lowest BCUT2D eigenvalue weighted by atomic mass is 9.92. The number of piperidine rings is 1. The fraction of sp³-hybridized carbons (Fsp3) is 0.900. The van der Waals surface area contributed by atoms with E-state index in [-0.39, 0.29) is 30.4 Å². The third kappa shape index (κ3) is 3.97. The van der Waals surface area contributed by atoms with E-state index in [0.717, 1.165) is 25.9 Å². The number of carbonyl (C=O) groups excluding carboxylic acids is 1. The molecule has 2 unspecified atom stereocenters. The van der Waals surface area contributed by atoms with Crippen LogP contribution in [0.3, 0.4) is 0 Å². The number of hydrogen-bond donors (Lipinski definition) is 2. The van der Waals surface area contributed by atoms with Crippen molar-refractivity contribution in [2.45, 2.75) is 38.8 Å². The maximum Gasteiger partial charge on any atom is 0.239 e. The van der Waals surface area contributed by atoms with E-state index in [1.165, 1.54) is 0 Å². The minimum atomic E-state index is -0.387. The molecule has 90 valence electrons. The van der Waals surface area contributed by atoms with Gasteiger partial charge in [-0.15, -0.1) is 12.4 Å². The molecule has 1 heterocycles. The average Bonchev–Trinajstić information content (AvgIpc) is 2.16. The zero-order valence-corrected chi connectivity index (χ0v) is 10.3. The highest BCUT2D eigenvalue weighted by atomic mass is 35.5. The SMILES string of the molecule is CC(N)C1CCCN(C(=O)[C@@H](C)N)C1.Cl. The van der Waals surface area contributed by atoms with E-state index in [1.807, 2.05) is 11.8 Å². The fourth-order valence-corrected chi connectivity index (χ4v) is 1.93. The van der Waals surface area contributed by atoms with Gasteiger partial charge in [0.05, 0.1) is 6.04 Å². The van der Waals surface area contributed by atoms with Gasteiger partial charge in [0.15, 0.2) is 0 Å². The number of carbonyl (C=O) groups is 1. The van der Waals surface area contributed by atoms with Crippen LogP contribution < -0.4 is 11.5 Å². The van der Waals surface area contributed by atoms with Gasteiger partial charge in [-0.05, 0) is 32.6 Å². The molecule has 1 amide bonds. The van der Waals surface area contributed by atoms with Crippen molar-refractivity contribution in [2.24, 2.45) is 17.4 Å². The van der Waals surface area contributed by atoms with E-state index in [4.69, 9.17) is 11.5 Å². The van der Waals surface area contributed by atoms with Crippen LogP contribution in [0.2, 0.25) is 0 Å². The molecule has 0 bridgehead atoms. The Balaban J connectivity index is 0.00000196. The van der Waals surface area contributed by atoms with Gasteiger partial charge in [-0.25, -0.2) is 0 Å². The Morgan fingerprint density at radius 1 is 1.40 bits per heavy atom. The Bertz CT molecular complexity index is 209. The summed E-state index contributed by atoms with van der Waals surface area (Å²) in [7, 11) is 0. The lowest BCUT2D eigenvalue weighted by Crippen LogP contribution is -2.49. The van der Waals surface area contributed by atoms with E-state index >= 15 is 0 Å². The van der Waals surface area contributed by atoms with Gasteiger partial charge < -0.3 is 16.4 Å². The molecule has 1 saturated heterocycles. The van der Waals surface area contributed by atoms with Crippen molar-refractivity contribution < 1.29 is 4.79 Å². The van der Waals surface area contributed by atoms with Crippen molar-refractivity contribution in [3.05, 3.63) is 0 Å². The van der Waals surface area contributed by atoms with Gasteiger partial charge in [-0.1, -0.05) is 0 Å². The summed E-state index contributed by atoms with van der Waals surface area (Å²) in [5, 5.41) is 0. The number of amides is 1. The van der Waals surface area contributed by atoms with Gasteiger partial charge in [0.2, 0.25) is 5.91 Å². The lowest BCUT2D eigenvalue weighted by molar-refractivity contribution is -0.134. The van der Waals surface area contributed by atoms with Gasteiger partial charge in [0.25, 0.3) is 0 Å². The number of nitrogens with two attached hydrogens (primary N) is 2. The molecule has 4 nitrogen and oxygen atoms in total. The first-order valence-electron chi connectivity index (χ1n) is 5.32. The predicted octanol–water partition coefficient (Wildman–Crippen LogP) is 0.341. The van der Waals surface area contributed by atoms with Crippen molar-refractivity contribution >= 4 is 18.3 Å². The molecular weight excluding hydrogens is 214 g/mol. The Morgan fingerprint density at radius 3 is 2.47 bits per heavy atom. The van der Waals surface area contributed by atoms with Crippen LogP contribution in [-0.4, -0.2) is 36.0 Å². The minimum absolute atomic E-state index is 0. The van der Waals surface area contributed by atoms with Crippen LogP contribution in [-0.2, 0) is 4.79 Å². The van der Waals surface area contributed by atoms with Crippen LogP contribution in [0, 0.1) is 5.92 Å². The summed E-state index contributed by atoms with van der Waals surface area (Å²) < 4.78 is 0. The van der Waals surface area contributed by atoms with Crippen molar-refractivity contribution in [1.29, 1.82) is 0 Å². The first kappa shape index (κ1) is 14.7. The first-order valence-corrected chi connectivity index (χ1v) is 5.32. The quantitative estimate of drug-likeness (QED) is 0.725. The van der Waals surface area contributed by atoms with Gasteiger partial charge in [-0.2, -0.15) is 0 Å². The number of hydrogen-bond acceptors (Lipinski definition) is 3. The highest BCUT2D eigenvalue weighted by molar-refractivity contribution is 5.85. The molecule has 0 aromatic heterocycles. The standard InChI is InChI=1S/C10H21N3O.ClH/c1-7(11)9-4-3-5-13(6-9)10(14)8(2)12;/h7-9H,3-6,11-12H2,1-2H3;1H/t7?,8-,9?;/m1./s1. The highest BCUT2D eigenvalue weighted by Crippen LogP contribution is 2.18. The fourth-order valence-electron chi connectivity index (χ4n) is 1.93. The molecule has 0 aromatic rings.